The normalized spacial score (nSPS) is 20.6. The van der Waals surface area contributed by atoms with Crippen molar-refractivity contribution in [3.63, 3.8) is 0 Å². The molecule has 0 radical (unpaired) electrons. The van der Waals surface area contributed by atoms with Crippen LogP contribution in [0.2, 0.25) is 5.02 Å². The molecule has 1 aromatic rings. The number of rotatable bonds is 3. The van der Waals surface area contributed by atoms with Crippen molar-refractivity contribution in [2.24, 2.45) is 10.9 Å². The molecule has 104 valence electrons. The Morgan fingerprint density at radius 3 is 3.21 bits per heavy atom. The number of ether oxygens (including phenoxy) is 1. The molecule has 1 unspecified atom stereocenters. The minimum absolute atomic E-state index is 0.0186. The number of aromatic nitrogens is 1. The van der Waals surface area contributed by atoms with Crippen LogP contribution >= 0.6 is 11.6 Å². The molecule has 2 rings (SSSR count). The first kappa shape index (κ1) is 13.9. The molecule has 19 heavy (non-hydrogen) atoms. The highest BCUT2D eigenvalue weighted by atomic mass is 35.5. The number of hydrogen-bond acceptors (Lipinski definition) is 5. The third-order valence-electron chi connectivity index (χ3n) is 3.23. The standard InChI is InChI=1S/C12H17ClN4O2/c1-2-8-7-19-6-5-17(8)12-10(13)9(3-4-15-12)11(14)16-18/h3-4,8,18H,2,5-7H2,1H3,(H2,14,16). The number of amidine groups is 1. The van der Waals surface area contributed by atoms with E-state index in [0.717, 1.165) is 13.0 Å². The average Bonchev–Trinajstić information content (AvgIpc) is 2.46. The Morgan fingerprint density at radius 2 is 2.53 bits per heavy atom. The van der Waals surface area contributed by atoms with E-state index >= 15 is 0 Å². The van der Waals surface area contributed by atoms with Gasteiger partial charge in [-0.3, -0.25) is 0 Å². The van der Waals surface area contributed by atoms with Gasteiger partial charge in [-0.05, 0) is 12.5 Å². The molecule has 0 spiro atoms. The highest BCUT2D eigenvalue weighted by Gasteiger charge is 2.25. The highest BCUT2D eigenvalue weighted by molar-refractivity contribution is 6.36. The molecule has 0 saturated carbocycles. The SMILES string of the molecule is CCC1COCCN1c1nccc(/C(N)=N/O)c1Cl. The van der Waals surface area contributed by atoms with Gasteiger partial charge >= 0.3 is 0 Å². The van der Waals surface area contributed by atoms with Crippen molar-refractivity contribution in [2.75, 3.05) is 24.7 Å². The van der Waals surface area contributed by atoms with Crippen LogP contribution in [0.5, 0.6) is 0 Å². The maximum atomic E-state index is 8.76. The summed E-state index contributed by atoms with van der Waals surface area (Å²) in [7, 11) is 0. The van der Waals surface area contributed by atoms with Gasteiger partial charge in [-0.15, -0.1) is 0 Å². The van der Waals surface area contributed by atoms with Crippen LogP contribution in [0.4, 0.5) is 5.82 Å². The van der Waals surface area contributed by atoms with Crippen LogP contribution in [0.25, 0.3) is 0 Å². The monoisotopic (exact) mass is 284 g/mol. The number of halogens is 1. The van der Waals surface area contributed by atoms with Crippen molar-refractivity contribution >= 4 is 23.3 Å². The number of anilines is 1. The zero-order chi connectivity index (χ0) is 13.8. The van der Waals surface area contributed by atoms with Crippen molar-refractivity contribution in [1.29, 1.82) is 0 Å². The molecule has 3 N–H and O–H groups in total. The predicted molar refractivity (Wildman–Crippen MR) is 74.0 cm³/mol. The maximum Gasteiger partial charge on any atom is 0.171 e. The van der Waals surface area contributed by atoms with Crippen LogP contribution in [0.1, 0.15) is 18.9 Å². The highest BCUT2D eigenvalue weighted by Crippen LogP contribution is 2.29. The fraction of sp³-hybridized carbons (Fsp3) is 0.500. The molecule has 1 fully saturated rings. The molecule has 1 aliphatic heterocycles. The predicted octanol–water partition coefficient (Wildman–Crippen LogP) is 1.44. The van der Waals surface area contributed by atoms with Crippen molar-refractivity contribution in [1.82, 2.24) is 4.98 Å². The van der Waals surface area contributed by atoms with E-state index in [9.17, 15) is 0 Å². The van der Waals surface area contributed by atoms with Gasteiger partial charge in [0, 0.05) is 18.3 Å². The van der Waals surface area contributed by atoms with E-state index in [0.29, 0.717) is 29.6 Å². The van der Waals surface area contributed by atoms with Gasteiger partial charge in [0.05, 0.1) is 24.3 Å². The number of hydrogen-bond donors (Lipinski definition) is 2. The van der Waals surface area contributed by atoms with E-state index in [1.807, 2.05) is 0 Å². The number of pyridine rings is 1. The van der Waals surface area contributed by atoms with Gasteiger partial charge in [0.2, 0.25) is 0 Å². The lowest BCUT2D eigenvalue weighted by atomic mass is 10.1. The summed E-state index contributed by atoms with van der Waals surface area (Å²) in [6.45, 7) is 4.11. The fourth-order valence-corrected chi connectivity index (χ4v) is 2.47. The fourth-order valence-electron chi connectivity index (χ4n) is 2.16. The summed E-state index contributed by atoms with van der Waals surface area (Å²) in [5.74, 6) is 0.635. The van der Waals surface area contributed by atoms with E-state index in [4.69, 9.17) is 27.3 Å². The second-order valence-electron chi connectivity index (χ2n) is 4.31. The van der Waals surface area contributed by atoms with Gasteiger partial charge in [0.25, 0.3) is 0 Å². The Balaban J connectivity index is 2.39. The van der Waals surface area contributed by atoms with Crippen LogP contribution < -0.4 is 10.6 Å². The number of oxime groups is 1. The Bertz CT molecular complexity index is 481. The lowest BCUT2D eigenvalue weighted by Gasteiger charge is -2.36. The van der Waals surface area contributed by atoms with Crippen LogP contribution in [-0.4, -0.2) is 41.8 Å². The lowest BCUT2D eigenvalue weighted by molar-refractivity contribution is 0.0926. The van der Waals surface area contributed by atoms with E-state index in [-0.39, 0.29) is 11.9 Å². The quantitative estimate of drug-likeness (QED) is 0.380. The third kappa shape index (κ3) is 2.74. The van der Waals surface area contributed by atoms with Crippen LogP contribution in [0.3, 0.4) is 0 Å². The van der Waals surface area contributed by atoms with E-state index in [2.05, 4.69) is 22.0 Å². The molecule has 7 heteroatoms. The molecule has 2 heterocycles. The molecule has 0 amide bonds. The minimum atomic E-state index is -0.0186. The van der Waals surface area contributed by atoms with Crippen molar-refractivity contribution in [2.45, 2.75) is 19.4 Å². The molecule has 1 atom stereocenters. The summed E-state index contributed by atoms with van der Waals surface area (Å²) in [5, 5.41) is 12.1. The first-order valence-corrected chi connectivity index (χ1v) is 6.53. The topological polar surface area (TPSA) is 84.0 Å². The van der Waals surface area contributed by atoms with Crippen LogP contribution in [0, 0.1) is 0 Å². The van der Waals surface area contributed by atoms with Crippen LogP contribution in [0.15, 0.2) is 17.4 Å². The molecule has 0 bridgehead atoms. The van der Waals surface area contributed by atoms with E-state index < -0.39 is 0 Å². The number of nitrogens with zero attached hydrogens (tertiary/aromatic N) is 3. The van der Waals surface area contributed by atoms with Crippen LogP contribution in [-0.2, 0) is 4.74 Å². The first-order valence-electron chi connectivity index (χ1n) is 6.15. The van der Waals surface area contributed by atoms with Gasteiger partial charge in [-0.25, -0.2) is 4.98 Å². The Hall–Kier alpha value is -1.53. The molecule has 1 saturated heterocycles. The molecule has 1 aromatic heterocycles. The number of morpholine rings is 1. The Labute approximate surface area is 116 Å². The summed E-state index contributed by atoms with van der Waals surface area (Å²) >= 11 is 6.32. The van der Waals surface area contributed by atoms with E-state index in [1.165, 1.54) is 0 Å². The lowest BCUT2D eigenvalue weighted by Crippen LogP contribution is -2.45. The molecular formula is C12H17ClN4O2. The molecular weight excluding hydrogens is 268 g/mol. The minimum Gasteiger partial charge on any atom is -0.409 e. The number of nitrogens with two attached hydrogens (primary N) is 1. The van der Waals surface area contributed by atoms with Gasteiger partial charge in [0.1, 0.15) is 5.82 Å². The average molecular weight is 285 g/mol. The summed E-state index contributed by atoms with van der Waals surface area (Å²) in [5.41, 5.74) is 6.09. The van der Waals surface area contributed by atoms with Gasteiger partial charge in [0.15, 0.2) is 5.84 Å². The third-order valence-corrected chi connectivity index (χ3v) is 3.60. The second kappa shape index (κ2) is 6.08. The zero-order valence-electron chi connectivity index (χ0n) is 10.7. The summed E-state index contributed by atoms with van der Waals surface area (Å²) in [6.07, 6.45) is 2.54. The van der Waals surface area contributed by atoms with Gasteiger partial charge < -0.3 is 20.6 Å². The Kier molecular flexibility index (Phi) is 4.44. The zero-order valence-corrected chi connectivity index (χ0v) is 11.5. The van der Waals surface area contributed by atoms with Gasteiger partial charge in [-0.1, -0.05) is 23.7 Å². The summed E-state index contributed by atoms with van der Waals surface area (Å²) in [4.78, 5) is 6.43. The Morgan fingerprint density at radius 1 is 1.74 bits per heavy atom. The van der Waals surface area contributed by atoms with Crippen molar-refractivity contribution in [3.05, 3.63) is 22.8 Å². The molecule has 1 aliphatic rings. The second-order valence-corrected chi connectivity index (χ2v) is 4.69. The first-order chi connectivity index (χ1) is 9.19. The maximum absolute atomic E-state index is 8.76. The molecule has 0 aromatic carbocycles. The molecule has 0 aliphatic carbocycles. The van der Waals surface area contributed by atoms with Gasteiger partial charge in [-0.2, -0.15) is 0 Å². The summed E-state index contributed by atoms with van der Waals surface area (Å²) in [6, 6.07) is 1.86. The van der Waals surface area contributed by atoms with Crippen molar-refractivity contribution in [3.8, 4) is 0 Å². The smallest absolute Gasteiger partial charge is 0.171 e. The largest absolute Gasteiger partial charge is 0.409 e. The van der Waals surface area contributed by atoms with Crippen molar-refractivity contribution < 1.29 is 9.94 Å². The molecule has 6 nitrogen and oxygen atoms in total. The van der Waals surface area contributed by atoms with E-state index in [1.54, 1.807) is 12.3 Å². The summed E-state index contributed by atoms with van der Waals surface area (Å²) < 4.78 is 5.46.